The third-order valence-corrected chi connectivity index (χ3v) is 2.95. The minimum Gasteiger partial charge on any atom is -0.496 e. The number of aryl methyl sites for hydroxylation is 1. The molecule has 20 heavy (non-hydrogen) atoms. The predicted octanol–water partition coefficient (Wildman–Crippen LogP) is 1.64. The zero-order valence-corrected chi connectivity index (χ0v) is 11.2. The number of ether oxygens (including phenoxy) is 1. The second kappa shape index (κ2) is 5.56. The number of carbonyl (C=O) groups is 1. The van der Waals surface area contributed by atoms with Crippen LogP contribution in [0.4, 0.5) is 0 Å². The summed E-state index contributed by atoms with van der Waals surface area (Å²) in [6.45, 7) is 2.04. The summed E-state index contributed by atoms with van der Waals surface area (Å²) in [5.74, 6) is -0.786. The summed E-state index contributed by atoms with van der Waals surface area (Å²) in [7, 11) is 1.49. The highest BCUT2D eigenvalue weighted by molar-refractivity contribution is 5.96. The molecule has 0 saturated heterocycles. The molecule has 2 rings (SSSR count). The second-order valence-electron chi connectivity index (χ2n) is 4.06. The Hall–Kier alpha value is -2.63. The highest BCUT2D eigenvalue weighted by Crippen LogP contribution is 2.30. The molecule has 6 heteroatoms. The number of carboxylic acid groups (broad SMARTS) is 1. The number of hydrogen-bond acceptors (Lipinski definition) is 4. The van der Waals surface area contributed by atoms with Crippen molar-refractivity contribution < 1.29 is 14.6 Å². The standard InChI is InChI=1S/C14H14N2O4/c1-3-16-13(17)12(14(18)19)10(8-15-16)9-6-4-5-7-11(9)20-2/h4-8H,3H2,1-2H3,(H,18,19). The van der Waals surface area contributed by atoms with Crippen LogP contribution >= 0.6 is 0 Å². The topological polar surface area (TPSA) is 81.4 Å². The van der Waals surface area contributed by atoms with Crippen LogP contribution in [-0.4, -0.2) is 28.0 Å². The van der Waals surface area contributed by atoms with Crippen LogP contribution in [0.3, 0.4) is 0 Å². The number of carboxylic acids is 1. The van der Waals surface area contributed by atoms with Crippen LogP contribution in [0.1, 0.15) is 17.3 Å². The van der Waals surface area contributed by atoms with Crippen LogP contribution in [0, 0.1) is 0 Å². The van der Waals surface area contributed by atoms with Gasteiger partial charge in [-0.2, -0.15) is 5.10 Å². The summed E-state index contributed by atoms with van der Waals surface area (Å²) < 4.78 is 6.31. The summed E-state index contributed by atoms with van der Waals surface area (Å²) in [5.41, 5.74) is -0.139. The van der Waals surface area contributed by atoms with Crippen molar-refractivity contribution in [2.24, 2.45) is 0 Å². The van der Waals surface area contributed by atoms with Crippen molar-refractivity contribution in [1.29, 1.82) is 0 Å². The van der Waals surface area contributed by atoms with Gasteiger partial charge in [0.25, 0.3) is 5.56 Å². The van der Waals surface area contributed by atoms with Gasteiger partial charge in [-0.15, -0.1) is 0 Å². The van der Waals surface area contributed by atoms with E-state index in [4.69, 9.17) is 4.74 Å². The van der Waals surface area contributed by atoms with Crippen LogP contribution in [0.25, 0.3) is 11.1 Å². The van der Waals surface area contributed by atoms with E-state index in [1.54, 1.807) is 31.2 Å². The molecule has 0 amide bonds. The van der Waals surface area contributed by atoms with Gasteiger partial charge < -0.3 is 9.84 Å². The highest BCUT2D eigenvalue weighted by Gasteiger charge is 2.20. The fourth-order valence-electron chi connectivity index (χ4n) is 1.99. The molecule has 6 nitrogen and oxygen atoms in total. The molecular formula is C14H14N2O4. The minimum atomic E-state index is -1.28. The monoisotopic (exact) mass is 274 g/mol. The molecule has 104 valence electrons. The van der Waals surface area contributed by atoms with Gasteiger partial charge in [0.1, 0.15) is 11.3 Å². The molecule has 1 aromatic carbocycles. The van der Waals surface area contributed by atoms with Gasteiger partial charge in [-0.1, -0.05) is 18.2 Å². The van der Waals surface area contributed by atoms with E-state index in [1.165, 1.54) is 13.3 Å². The highest BCUT2D eigenvalue weighted by atomic mass is 16.5. The molecule has 0 bridgehead atoms. The first-order chi connectivity index (χ1) is 9.60. The lowest BCUT2D eigenvalue weighted by atomic mass is 10.0. The number of para-hydroxylation sites is 1. The normalized spacial score (nSPS) is 10.3. The van der Waals surface area contributed by atoms with Gasteiger partial charge in [0, 0.05) is 17.7 Å². The number of aromatic carboxylic acids is 1. The lowest BCUT2D eigenvalue weighted by Crippen LogP contribution is -2.28. The van der Waals surface area contributed by atoms with Crippen LogP contribution in [-0.2, 0) is 6.54 Å². The number of methoxy groups -OCH3 is 1. The third kappa shape index (κ3) is 2.27. The van der Waals surface area contributed by atoms with Gasteiger partial charge in [-0.25, -0.2) is 9.48 Å². The van der Waals surface area contributed by atoms with Gasteiger partial charge in [0.2, 0.25) is 0 Å². The lowest BCUT2D eigenvalue weighted by Gasteiger charge is -2.11. The minimum absolute atomic E-state index is 0.254. The molecular weight excluding hydrogens is 260 g/mol. The van der Waals surface area contributed by atoms with Crippen molar-refractivity contribution in [3.8, 4) is 16.9 Å². The van der Waals surface area contributed by atoms with Gasteiger partial charge in [0.15, 0.2) is 0 Å². The molecule has 0 radical (unpaired) electrons. The zero-order valence-electron chi connectivity index (χ0n) is 11.2. The summed E-state index contributed by atoms with van der Waals surface area (Å²) >= 11 is 0. The van der Waals surface area contributed by atoms with E-state index in [0.717, 1.165) is 4.68 Å². The molecule has 1 aromatic heterocycles. The molecule has 0 aliphatic carbocycles. The quantitative estimate of drug-likeness (QED) is 0.916. The molecule has 0 aliphatic heterocycles. The first kappa shape index (κ1) is 13.8. The third-order valence-electron chi connectivity index (χ3n) is 2.95. The van der Waals surface area contributed by atoms with Gasteiger partial charge in [0.05, 0.1) is 13.3 Å². The van der Waals surface area contributed by atoms with Gasteiger partial charge >= 0.3 is 5.97 Å². The summed E-state index contributed by atoms with van der Waals surface area (Å²) in [6, 6.07) is 6.91. The molecule has 0 unspecified atom stereocenters. The average Bonchev–Trinajstić information content (AvgIpc) is 2.46. The van der Waals surface area contributed by atoms with Crippen molar-refractivity contribution >= 4 is 5.97 Å². The Morgan fingerprint density at radius 2 is 2.05 bits per heavy atom. The van der Waals surface area contributed by atoms with Crippen LogP contribution < -0.4 is 10.3 Å². The van der Waals surface area contributed by atoms with E-state index < -0.39 is 11.5 Å². The molecule has 0 spiro atoms. The fraction of sp³-hybridized carbons (Fsp3) is 0.214. The maximum atomic E-state index is 12.1. The first-order valence-corrected chi connectivity index (χ1v) is 6.07. The van der Waals surface area contributed by atoms with Crippen molar-refractivity contribution in [1.82, 2.24) is 9.78 Å². The molecule has 0 fully saturated rings. The predicted molar refractivity (Wildman–Crippen MR) is 73.1 cm³/mol. The van der Waals surface area contributed by atoms with Crippen LogP contribution in [0.5, 0.6) is 5.75 Å². The summed E-state index contributed by atoms with van der Waals surface area (Å²) in [6.07, 6.45) is 1.38. The van der Waals surface area contributed by atoms with Crippen molar-refractivity contribution in [2.75, 3.05) is 7.11 Å². The number of benzene rings is 1. The maximum Gasteiger partial charge on any atom is 0.342 e. The average molecular weight is 274 g/mol. The molecule has 1 N–H and O–H groups in total. The summed E-state index contributed by atoms with van der Waals surface area (Å²) in [5, 5.41) is 13.3. The SMILES string of the molecule is CCn1ncc(-c2ccccc2OC)c(C(=O)O)c1=O. The molecule has 0 aliphatic rings. The molecule has 2 aromatic rings. The van der Waals surface area contributed by atoms with Gasteiger partial charge in [-0.3, -0.25) is 4.79 Å². The molecule has 1 heterocycles. The second-order valence-corrected chi connectivity index (χ2v) is 4.06. The van der Waals surface area contributed by atoms with E-state index in [2.05, 4.69) is 5.10 Å². The molecule has 0 atom stereocenters. The van der Waals surface area contributed by atoms with E-state index in [-0.39, 0.29) is 11.1 Å². The lowest BCUT2D eigenvalue weighted by molar-refractivity contribution is 0.0694. The van der Waals surface area contributed by atoms with Crippen LogP contribution in [0.2, 0.25) is 0 Å². The fourth-order valence-corrected chi connectivity index (χ4v) is 1.99. The Bertz CT molecular complexity index is 707. The van der Waals surface area contributed by atoms with E-state index in [1.807, 2.05) is 0 Å². The Labute approximate surface area is 115 Å². The van der Waals surface area contributed by atoms with Crippen molar-refractivity contribution in [3.63, 3.8) is 0 Å². The zero-order chi connectivity index (χ0) is 14.7. The number of hydrogen-bond donors (Lipinski definition) is 1. The van der Waals surface area contributed by atoms with E-state index in [0.29, 0.717) is 17.9 Å². The number of nitrogens with zero attached hydrogens (tertiary/aromatic N) is 2. The maximum absolute atomic E-state index is 12.1. The number of aromatic nitrogens is 2. The summed E-state index contributed by atoms with van der Waals surface area (Å²) in [4.78, 5) is 23.5. The van der Waals surface area contributed by atoms with Gasteiger partial charge in [-0.05, 0) is 13.0 Å². The van der Waals surface area contributed by atoms with Crippen LogP contribution in [0.15, 0.2) is 35.3 Å². The van der Waals surface area contributed by atoms with Crippen molar-refractivity contribution in [3.05, 3.63) is 46.4 Å². The largest absolute Gasteiger partial charge is 0.496 e. The Morgan fingerprint density at radius 1 is 1.35 bits per heavy atom. The Morgan fingerprint density at radius 3 is 2.65 bits per heavy atom. The smallest absolute Gasteiger partial charge is 0.342 e. The number of rotatable bonds is 4. The van der Waals surface area contributed by atoms with E-state index in [9.17, 15) is 14.7 Å². The molecule has 0 saturated carbocycles. The van der Waals surface area contributed by atoms with E-state index >= 15 is 0 Å². The van der Waals surface area contributed by atoms with Crippen molar-refractivity contribution in [2.45, 2.75) is 13.5 Å². The Kier molecular flexibility index (Phi) is 3.84. The Balaban J connectivity index is 2.78. The first-order valence-electron chi connectivity index (χ1n) is 6.07.